The van der Waals surface area contributed by atoms with Gasteiger partial charge in [-0.25, -0.2) is 0 Å². The summed E-state index contributed by atoms with van der Waals surface area (Å²) in [5, 5.41) is 4.97. The maximum absolute atomic E-state index is 12.9. The van der Waals surface area contributed by atoms with E-state index in [1.807, 2.05) is 36.2 Å². The van der Waals surface area contributed by atoms with Gasteiger partial charge in [0.05, 0.1) is 18.2 Å². The molecule has 0 bridgehead atoms. The summed E-state index contributed by atoms with van der Waals surface area (Å²) in [5.74, 6) is 0. The fourth-order valence-electron chi connectivity index (χ4n) is 3.92. The van der Waals surface area contributed by atoms with Crippen LogP contribution >= 0.6 is 12.2 Å². The van der Waals surface area contributed by atoms with Crippen LogP contribution in [-0.4, -0.2) is 39.2 Å². The summed E-state index contributed by atoms with van der Waals surface area (Å²) in [5.41, 5.74) is 4.79. The Morgan fingerprint density at radius 1 is 1.32 bits per heavy atom. The Balaban J connectivity index is 1.58. The number of hydrogen-bond donors (Lipinski definition) is 2. The molecule has 0 radical (unpaired) electrons. The van der Waals surface area contributed by atoms with E-state index in [0.717, 1.165) is 47.0 Å². The van der Waals surface area contributed by atoms with Gasteiger partial charge in [-0.1, -0.05) is 18.2 Å². The predicted molar refractivity (Wildman–Crippen MR) is 127 cm³/mol. The van der Waals surface area contributed by atoms with Crippen molar-refractivity contribution in [2.24, 2.45) is 0 Å². The molecule has 1 fully saturated rings. The van der Waals surface area contributed by atoms with Gasteiger partial charge >= 0.3 is 0 Å². The number of fused-ring (bicyclic) bond motifs is 1. The number of hydrogen-bond acceptors (Lipinski definition) is 4. The lowest BCUT2D eigenvalue weighted by atomic mass is 10.0. The summed E-state index contributed by atoms with van der Waals surface area (Å²) in [7, 11) is 0. The van der Waals surface area contributed by atoms with Gasteiger partial charge in [-0.05, 0) is 73.1 Å². The highest BCUT2D eigenvalue weighted by molar-refractivity contribution is 7.80. The van der Waals surface area contributed by atoms with Gasteiger partial charge in [0.2, 0.25) is 0 Å². The zero-order valence-electron chi connectivity index (χ0n) is 18.0. The third-order valence-corrected chi connectivity index (χ3v) is 6.28. The van der Waals surface area contributed by atoms with E-state index in [-0.39, 0.29) is 11.7 Å². The predicted octanol–water partition coefficient (Wildman–Crippen LogP) is 3.60. The quantitative estimate of drug-likeness (QED) is 0.576. The number of ether oxygens (including phenoxy) is 1. The molecule has 1 saturated heterocycles. The van der Waals surface area contributed by atoms with Gasteiger partial charge in [-0.15, -0.1) is 0 Å². The van der Waals surface area contributed by atoms with Crippen LogP contribution in [0.1, 0.15) is 35.1 Å². The average Bonchev–Trinajstić information content (AvgIpc) is 3.30. The number of aromatic nitrogens is 2. The summed E-state index contributed by atoms with van der Waals surface area (Å²) in [6, 6.07) is 10.0. The van der Waals surface area contributed by atoms with Crippen molar-refractivity contribution >= 4 is 28.2 Å². The minimum absolute atomic E-state index is 0.0840. The van der Waals surface area contributed by atoms with E-state index < -0.39 is 0 Å². The highest BCUT2D eigenvalue weighted by Crippen LogP contribution is 2.20. The highest BCUT2D eigenvalue weighted by Gasteiger charge is 2.19. The number of H-pyrrole nitrogens is 1. The number of nitrogens with zero attached hydrogens (tertiary/aromatic N) is 2. The minimum Gasteiger partial charge on any atom is -0.376 e. The molecular formula is C24H28N4O2S. The van der Waals surface area contributed by atoms with Crippen molar-refractivity contribution < 1.29 is 4.74 Å². The summed E-state index contributed by atoms with van der Waals surface area (Å²) in [6.07, 6.45) is 5.89. The summed E-state index contributed by atoms with van der Waals surface area (Å²) >= 11 is 5.71. The number of thiocarbonyl (C=S) groups is 1. The molecule has 7 heteroatoms. The lowest BCUT2D eigenvalue weighted by Crippen LogP contribution is -2.42. The second kappa shape index (κ2) is 9.58. The van der Waals surface area contributed by atoms with E-state index in [1.54, 1.807) is 6.20 Å². The molecule has 6 nitrogen and oxygen atoms in total. The Hall–Kier alpha value is -2.77. The first-order valence-corrected chi connectivity index (χ1v) is 11.1. The molecule has 31 heavy (non-hydrogen) atoms. The molecule has 0 aliphatic carbocycles. The second-order valence-electron chi connectivity index (χ2n) is 8.13. The number of aromatic amines is 1. The third-order valence-electron chi connectivity index (χ3n) is 5.88. The normalized spacial score (nSPS) is 15.9. The molecule has 1 aliphatic heterocycles. The van der Waals surface area contributed by atoms with Crippen LogP contribution in [0, 0.1) is 13.8 Å². The fourth-order valence-corrected chi connectivity index (χ4v) is 4.14. The molecule has 0 unspecified atom stereocenters. The summed E-state index contributed by atoms with van der Waals surface area (Å²) < 4.78 is 5.70. The molecular weight excluding hydrogens is 408 g/mol. The fraction of sp³-hybridized carbons (Fsp3) is 0.375. The lowest BCUT2D eigenvalue weighted by Gasteiger charge is -2.27. The Morgan fingerprint density at radius 3 is 2.94 bits per heavy atom. The molecule has 1 atom stereocenters. The van der Waals surface area contributed by atoms with Crippen molar-refractivity contribution in [3.63, 3.8) is 0 Å². The Labute approximate surface area is 187 Å². The zero-order valence-corrected chi connectivity index (χ0v) is 18.8. The molecule has 1 aliphatic rings. The van der Waals surface area contributed by atoms with Crippen LogP contribution in [0.2, 0.25) is 0 Å². The van der Waals surface area contributed by atoms with E-state index in [0.29, 0.717) is 30.3 Å². The molecule has 1 aromatic carbocycles. The van der Waals surface area contributed by atoms with Gasteiger partial charge in [0.15, 0.2) is 5.11 Å². The van der Waals surface area contributed by atoms with Gasteiger partial charge in [0, 0.05) is 37.7 Å². The average molecular weight is 437 g/mol. The van der Waals surface area contributed by atoms with Gasteiger partial charge in [0.1, 0.15) is 0 Å². The van der Waals surface area contributed by atoms with Gasteiger partial charge in [-0.3, -0.25) is 9.78 Å². The third kappa shape index (κ3) is 5.11. The number of benzene rings is 1. The first-order valence-electron chi connectivity index (χ1n) is 10.7. The summed E-state index contributed by atoms with van der Waals surface area (Å²) in [6.45, 7) is 6.54. The Bertz CT molecular complexity index is 1120. The van der Waals surface area contributed by atoms with E-state index >= 15 is 0 Å². The maximum Gasteiger partial charge on any atom is 0.253 e. The Morgan fingerprint density at radius 2 is 2.19 bits per heavy atom. The van der Waals surface area contributed by atoms with Crippen LogP contribution in [0.15, 0.2) is 47.5 Å². The maximum atomic E-state index is 12.9. The molecule has 162 valence electrons. The highest BCUT2D eigenvalue weighted by atomic mass is 32.1. The SMILES string of the molecule is Cc1ccc2cc(CN(Cc3cccnc3)C(=S)NC[C@@H]3CCCO3)c(=O)[nH]c2c1C. The van der Waals surface area contributed by atoms with E-state index in [9.17, 15) is 4.79 Å². The van der Waals surface area contributed by atoms with Crippen LogP contribution in [-0.2, 0) is 17.8 Å². The zero-order chi connectivity index (χ0) is 21.8. The number of pyridine rings is 2. The van der Waals surface area contributed by atoms with Crippen LogP contribution in [0.4, 0.5) is 0 Å². The van der Waals surface area contributed by atoms with Crippen molar-refractivity contribution in [3.8, 4) is 0 Å². The molecule has 0 spiro atoms. The van der Waals surface area contributed by atoms with Crippen molar-refractivity contribution in [2.75, 3.05) is 13.2 Å². The molecule has 4 rings (SSSR count). The van der Waals surface area contributed by atoms with Gasteiger partial charge in [0.25, 0.3) is 5.56 Å². The molecule has 3 heterocycles. The van der Waals surface area contributed by atoms with Crippen molar-refractivity contribution in [1.82, 2.24) is 20.2 Å². The number of aryl methyl sites for hydroxylation is 2. The Kier molecular flexibility index (Phi) is 6.63. The number of rotatable bonds is 6. The van der Waals surface area contributed by atoms with Crippen molar-refractivity contribution in [2.45, 2.75) is 45.9 Å². The van der Waals surface area contributed by atoms with Crippen LogP contribution in [0.3, 0.4) is 0 Å². The van der Waals surface area contributed by atoms with Crippen molar-refractivity contribution in [3.05, 3.63) is 75.3 Å². The standard InChI is InChI=1S/C24H28N4O2S/c1-16-7-8-19-11-20(23(29)27-22(19)17(16)2)15-28(14-18-5-3-9-25-12-18)24(31)26-13-21-6-4-10-30-21/h3,5,7-9,11-12,21H,4,6,10,13-15H2,1-2H3,(H,26,31)(H,27,29)/t21-/m0/s1. The molecule has 0 saturated carbocycles. The van der Waals surface area contributed by atoms with E-state index in [1.165, 1.54) is 0 Å². The molecule has 2 N–H and O–H groups in total. The van der Waals surface area contributed by atoms with E-state index in [2.05, 4.69) is 34.3 Å². The minimum atomic E-state index is -0.0840. The van der Waals surface area contributed by atoms with Gasteiger partial charge < -0.3 is 19.9 Å². The largest absolute Gasteiger partial charge is 0.376 e. The van der Waals surface area contributed by atoms with Crippen LogP contribution < -0.4 is 10.9 Å². The molecule has 2 aromatic heterocycles. The van der Waals surface area contributed by atoms with Crippen LogP contribution in [0.5, 0.6) is 0 Å². The van der Waals surface area contributed by atoms with Crippen LogP contribution in [0.25, 0.3) is 10.9 Å². The topological polar surface area (TPSA) is 70.2 Å². The molecule has 3 aromatic rings. The van der Waals surface area contributed by atoms with Gasteiger partial charge in [-0.2, -0.15) is 0 Å². The smallest absolute Gasteiger partial charge is 0.253 e. The second-order valence-corrected chi connectivity index (χ2v) is 8.52. The monoisotopic (exact) mass is 436 g/mol. The molecule has 0 amide bonds. The summed E-state index contributed by atoms with van der Waals surface area (Å²) in [4.78, 5) is 22.2. The number of nitrogens with one attached hydrogen (secondary N) is 2. The first kappa shape index (κ1) is 21.5. The lowest BCUT2D eigenvalue weighted by molar-refractivity contribution is 0.113. The van der Waals surface area contributed by atoms with E-state index in [4.69, 9.17) is 17.0 Å². The van der Waals surface area contributed by atoms with Crippen molar-refractivity contribution in [1.29, 1.82) is 0 Å². The first-order chi connectivity index (χ1) is 15.0.